The lowest BCUT2D eigenvalue weighted by molar-refractivity contribution is -0.122. The van der Waals surface area contributed by atoms with Gasteiger partial charge in [-0.2, -0.15) is 4.98 Å². The van der Waals surface area contributed by atoms with Crippen LogP contribution in [0.2, 0.25) is 0 Å². The van der Waals surface area contributed by atoms with Crippen LogP contribution in [0.5, 0.6) is 0 Å². The molecule has 4 heterocycles. The van der Waals surface area contributed by atoms with Gasteiger partial charge in [-0.15, -0.1) is 0 Å². The Morgan fingerprint density at radius 1 is 0.937 bits per heavy atom. The van der Waals surface area contributed by atoms with Crippen LogP contribution in [0.25, 0.3) is 11.0 Å². The summed E-state index contributed by atoms with van der Waals surface area (Å²) in [6, 6.07) is 9.24. The number of hydrogen-bond acceptors (Lipinski definition) is 14. The number of aryl methyl sites for hydroxylation is 1. The molecule has 18 heteroatoms. The van der Waals surface area contributed by atoms with Crippen LogP contribution in [-0.2, 0) is 4.79 Å². The number of amides is 2. The fraction of sp³-hybridized carbons (Fsp3) is 0.444. The summed E-state index contributed by atoms with van der Waals surface area (Å²) in [5, 5.41) is 31.9. The molecule has 7 N–H and O–H groups in total. The van der Waals surface area contributed by atoms with Gasteiger partial charge in [0, 0.05) is 89.4 Å². The zero-order chi connectivity index (χ0) is 45.0. The van der Waals surface area contributed by atoms with E-state index >= 15 is 0 Å². The summed E-state index contributed by atoms with van der Waals surface area (Å²) in [5.74, 6) is 0.326. The van der Waals surface area contributed by atoms with Crippen molar-refractivity contribution in [2.75, 3.05) is 87.8 Å². The Bertz CT molecular complexity index is 2400. The average molecular weight is 861 g/mol. The molecule has 3 aromatic heterocycles. The van der Waals surface area contributed by atoms with Crippen LogP contribution in [0.15, 0.2) is 59.7 Å². The van der Waals surface area contributed by atoms with Gasteiger partial charge in [0.05, 0.1) is 29.6 Å². The van der Waals surface area contributed by atoms with E-state index in [0.717, 1.165) is 82.5 Å². The van der Waals surface area contributed by atoms with Crippen molar-refractivity contribution in [2.45, 2.75) is 64.8 Å². The van der Waals surface area contributed by atoms with E-state index in [4.69, 9.17) is 15.8 Å². The third kappa shape index (κ3) is 11.8. The van der Waals surface area contributed by atoms with Crippen LogP contribution in [0.3, 0.4) is 0 Å². The van der Waals surface area contributed by atoms with E-state index in [1.165, 1.54) is 19.1 Å². The second-order valence-electron chi connectivity index (χ2n) is 16.2. The van der Waals surface area contributed by atoms with Crippen LogP contribution < -0.4 is 37.0 Å². The number of fused-ring (bicyclic) bond motifs is 1. The van der Waals surface area contributed by atoms with Crippen LogP contribution in [0.1, 0.15) is 84.2 Å². The summed E-state index contributed by atoms with van der Waals surface area (Å²) >= 11 is 0. The van der Waals surface area contributed by atoms with Gasteiger partial charge in [-0.25, -0.2) is 9.97 Å². The summed E-state index contributed by atoms with van der Waals surface area (Å²) in [6.07, 6.45) is 12.7. The predicted molar refractivity (Wildman–Crippen MR) is 249 cm³/mol. The van der Waals surface area contributed by atoms with Crippen LogP contribution in [0.4, 0.5) is 28.8 Å². The summed E-state index contributed by atoms with van der Waals surface area (Å²) in [6.45, 7) is 7.75. The van der Waals surface area contributed by atoms with Crippen LogP contribution in [0, 0.1) is 17.7 Å². The lowest BCUT2D eigenvalue weighted by Gasteiger charge is -2.35. The van der Waals surface area contributed by atoms with Crippen LogP contribution in [-0.4, -0.2) is 126 Å². The predicted octanol–water partition coefficient (Wildman–Crippen LogP) is 4.92. The van der Waals surface area contributed by atoms with Crippen molar-refractivity contribution < 1.29 is 14.4 Å². The number of nitrogens with one attached hydrogen (secondary N) is 7. The fourth-order valence-corrected chi connectivity index (χ4v) is 7.96. The molecule has 4 aromatic rings. The van der Waals surface area contributed by atoms with Gasteiger partial charge in [0.25, 0.3) is 11.5 Å². The number of nitrogens with zero attached hydrogens (tertiary/aromatic N) is 7. The first-order chi connectivity index (χ1) is 30.3. The largest absolute Gasteiger partial charge is 0.388 e. The first-order valence-corrected chi connectivity index (χ1v) is 21.6. The standard InChI is InChI=1S/C45H60N14O4/c1-29-35-27-52-45(55-42(35)59(32-11-7-8-12-32)44(63)41(29)30(2)60)54-39-18-14-33(26-51-39)58-23-21-57(22-24-58)28-40(61)50-20-10-6-9-19-49-36-25-31(48-3)13-15-34(36)43(62)53-37(46)16-17-38(47)56(4)5/h13-18,25-27,32,47-49H,6-12,19-24,28H2,1-5H3,(H,50,61)(H2,46,53,62)(H,51,52,54,55)/b17-16-,47-38?. The number of amidine groups is 2. The second-order valence-corrected chi connectivity index (χ2v) is 16.2. The SMILES string of the molecule is CNc1ccc(C(=O)NC(=N)/C=C\C(=N)N(C)C)c(NCCCCCNC(=O)CN2CCN(c3ccc(Nc4ncc5c(C)c(C(C)=O)c(=O)n(C6CCCC6)c5n4)nc3)CC2)c1. The molecule has 63 heavy (non-hydrogen) atoms. The van der Waals surface area contributed by atoms with E-state index in [-0.39, 0.29) is 40.5 Å². The molecule has 6 rings (SSSR count). The van der Waals surface area contributed by atoms with Crippen molar-refractivity contribution in [3.8, 4) is 0 Å². The molecule has 1 aliphatic carbocycles. The summed E-state index contributed by atoms with van der Waals surface area (Å²) in [5.41, 5.74) is 3.93. The van der Waals surface area contributed by atoms with Gasteiger partial charge in [-0.3, -0.25) is 39.5 Å². The number of ketones is 1. The third-order valence-corrected chi connectivity index (χ3v) is 11.5. The Labute approximate surface area is 368 Å². The maximum atomic E-state index is 13.6. The Kier molecular flexibility index (Phi) is 15.6. The smallest absolute Gasteiger partial charge is 0.263 e. The number of benzene rings is 1. The number of Topliss-reactive ketones (excluding diaryl/α,β-unsaturated/α-hetero) is 1. The number of anilines is 5. The first-order valence-electron chi connectivity index (χ1n) is 21.6. The molecule has 0 atom stereocenters. The number of aromatic nitrogens is 4. The number of piperazine rings is 1. The van der Waals surface area contributed by atoms with E-state index in [1.54, 1.807) is 55.9 Å². The zero-order valence-electron chi connectivity index (χ0n) is 36.9. The molecule has 1 saturated carbocycles. The maximum Gasteiger partial charge on any atom is 0.263 e. The lowest BCUT2D eigenvalue weighted by atomic mass is 10.0. The summed E-state index contributed by atoms with van der Waals surface area (Å²) < 4.78 is 1.70. The number of likely N-dealkylation sites (N-methyl/N-ethyl adjacent to an activating group) is 1. The van der Waals surface area contributed by atoms with Gasteiger partial charge in [-0.05, 0) is 94.0 Å². The van der Waals surface area contributed by atoms with E-state index in [2.05, 4.69) is 46.4 Å². The van der Waals surface area contributed by atoms with Crippen molar-refractivity contribution >= 4 is 69.1 Å². The highest BCUT2D eigenvalue weighted by Gasteiger charge is 2.26. The zero-order valence-corrected chi connectivity index (χ0v) is 36.9. The van der Waals surface area contributed by atoms with E-state index in [1.807, 2.05) is 24.4 Å². The summed E-state index contributed by atoms with van der Waals surface area (Å²) in [7, 11) is 5.27. The van der Waals surface area contributed by atoms with Crippen molar-refractivity contribution in [3.05, 3.63) is 81.9 Å². The summed E-state index contributed by atoms with van der Waals surface area (Å²) in [4.78, 5) is 71.7. The molecule has 1 aromatic carbocycles. The van der Waals surface area contributed by atoms with Gasteiger partial charge in [-0.1, -0.05) is 12.8 Å². The van der Waals surface area contributed by atoms with Gasteiger partial charge in [0.1, 0.15) is 23.1 Å². The number of pyridine rings is 2. The Morgan fingerprint density at radius 3 is 2.37 bits per heavy atom. The average Bonchev–Trinajstić information content (AvgIpc) is 3.80. The van der Waals surface area contributed by atoms with Crippen molar-refractivity contribution in [3.63, 3.8) is 0 Å². The minimum Gasteiger partial charge on any atom is -0.388 e. The van der Waals surface area contributed by atoms with Gasteiger partial charge >= 0.3 is 0 Å². The molecular weight excluding hydrogens is 801 g/mol. The molecule has 2 amide bonds. The number of carbonyl (C=O) groups is 3. The molecule has 1 saturated heterocycles. The second kappa shape index (κ2) is 21.4. The normalized spacial score (nSPS) is 14.5. The quantitative estimate of drug-likeness (QED) is 0.0306. The maximum absolute atomic E-state index is 13.6. The van der Waals surface area contributed by atoms with E-state index < -0.39 is 5.91 Å². The molecule has 18 nitrogen and oxygen atoms in total. The number of carbonyl (C=O) groups excluding carboxylic acids is 3. The molecule has 2 fully saturated rings. The first kappa shape index (κ1) is 45.8. The Hall–Kier alpha value is -6.69. The van der Waals surface area contributed by atoms with Crippen molar-refractivity contribution in [1.82, 2.24) is 40.0 Å². The highest BCUT2D eigenvalue weighted by Crippen LogP contribution is 2.32. The minimum absolute atomic E-state index is 0.00257. The number of unbranched alkanes of at least 4 members (excludes halogenated alkanes) is 2. The molecule has 0 bridgehead atoms. The molecule has 0 unspecified atom stereocenters. The van der Waals surface area contributed by atoms with Crippen molar-refractivity contribution in [1.29, 1.82) is 10.8 Å². The van der Waals surface area contributed by atoms with Gasteiger partial charge < -0.3 is 36.4 Å². The monoisotopic (exact) mass is 860 g/mol. The van der Waals surface area contributed by atoms with Crippen molar-refractivity contribution in [2.24, 2.45) is 0 Å². The van der Waals surface area contributed by atoms with Gasteiger partial charge in [0.2, 0.25) is 11.9 Å². The molecule has 1 aliphatic heterocycles. The number of rotatable bonds is 18. The highest BCUT2D eigenvalue weighted by molar-refractivity contribution is 6.12. The van der Waals surface area contributed by atoms with E-state index in [0.29, 0.717) is 59.2 Å². The molecule has 2 aliphatic rings. The Morgan fingerprint density at radius 2 is 1.68 bits per heavy atom. The topological polar surface area (TPSA) is 229 Å². The highest BCUT2D eigenvalue weighted by atomic mass is 16.2. The van der Waals surface area contributed by atoms with Gasteiger partial charge in [0.15, 0.2) is 5.78 Å². The molecule has 0 spiro atoms. The number of hydrogen-bond donors (Lipinski definition) is 7. The molecule has 0 radical (unpaired) electrons. The fourth-order valence-electron chi connectivity index (χ4n) is 7.96. The Balaban J connectivity index is 0.908. The molecular formula is C45H60N14O4. The third-order valence-electron chi connectivity index (χ3n) is 11.5. The molecule has 334 valence electrons. The van der Waals surface area contributed by atoms with E-state index in [9.17, 15) is 19.2 Å². The van der Waals surface area contributed by atoms with Crippen LogP contribution >= 0.6 is 0 Å². The minimum atomic E-state index is -0.416. The lowest BCUT2D eigenvalue weighted by Crippen LogP contribution is -2.49.